The number of hydrogen-bond acceptors (Lipinski definition) is 3. The maximum Gasteiger partial charge on any atom is 0.270 e. The fourth-order valence-electron chi connectivity index (χ4n) is 2.45. The topological polar surface area (TPSA) is 54.0 Å². The molecule has 1 fully saturated rings. The fraction of sp³-hybridized carbons (Fsp3) is 0.333. The van der Waals surface area contributed by atoms with Crippen molar-refractivity contribution >= 4 is 53.2 Å². The zero-order valence-electron chi connectivity index (χ0n) is 11.8. The average molecular weight is 363 g/mol. The lowest BCUT2D eigenvalue weighted by molar-refractivity contribution is 0.0926. The molecule has 1 aromatic carbocycles. The second kappa shape index (κ2) is 8.53. The molecule has 0 aliphatic carbocycles. The summed E-state index contributed by atoms with van der Waals surface area (Å²) in [4.78, 5) is 16.6. The first-order chi connectivity index (χ1) is 9.72. The molecule has 7 heteroatoms. The van der Waals surface area contributed by atoms with Crippen molar-refractivity contribution in [1.82, 2.24) is 15.6 Å². The van der Waals surface area contributed by atoms with E-state index in [0.717, 1.165) is 36.8 Å². The third kappa shape index (κ3) is 4.46. The Morgan fingerprint density at radius 1 is 1.27 bits per heavy atom. The zero-order chi connectivity index (χ0) is 13.9. The highest BCUT2D eigenvalue weighted by molar-refractivity contribution is 6.31. The molecule has 1 saturated heterocycles. The molecule has 120 valence electrons. The molecule has 0 radical (unpaired) electrons. The number of fused-ring (bicyclic) bond motifs is 1. The first-order valence-corrected chi connectivity index (χ1v) is 7.18. The van der Waals surface area contributed by atoms with Crippen LogP contribution in [0.2, 0.25) is 5.02 Å². The number of carbonyl (C=O) groups excluding carboxylic acids is 1. The summed E-state index contributed by atoms with van der Waals surface area (Å²) in [6.45, 7) is 1.85. The Morgan fingerprint density at radius 2 is 2.05 bits per heavy atom. The molecular weight excluding hydrogens is 345 g/mol. The van der Waals surface area contributed by atoms with E-state index in [4.69, 9.17) is 11.6 Å². The number of nitrogens with one attached hydrogen (secondary N) is 2. The molecule has 4 nitrogen and oxygen atoms in total. The normalized spacial score (nSPS) is 17.2. The monoisotopic (exact) mass is 361 g/mol. The molecule has 1 unspecified atom stereocenters. The number of aromatic nitrogens is 1. The van der Waals surface area contributed by atoms with Crippen molar-refractivity contribution in [3.05, 3.63) is 41.0 Å². The van der Waals surface area contributed by atoms with E-state index < -0.39 is 0 Å². The van der Waals surface area contributed by atoms with Gasteiger partial charge in [-0.3, -0.25) is 4.79 Å². The van der Waals surface area contributed by atoms with Crippen LogP contribution in [0.4, 0.5) is 0 Å². The summed E-state index contributed by atoms with van der Waals surface area (Å²) >= 11 is 5.96. The van der Waals surface area contributed by atoms with Gasteiger partial charge in [-0.15, -0.1) is 24.8 Å². The molecular formula is C15H18Cl3N3O. The fourth-order valence-corrected chi connectivity index (χ4v) is 2.62. The van der Waals surface area contributed by atoms with Crippen molar-refractivity contribution in [1.29, 1.82) is 0 Å². The van der Waals surface area contributed by atoms with E-state index in [1.54, 1.807) is 12.1 Å². The number of hydrogen-bond donors (Lipinski definition) is 2. The van der Waals surface area contributed by atoms with Crippen LogP contribution in [0.1, 0.15) is 23.3 Å². The van der Waals surface area contributed by atoms with Crippen LogP contribution in [0.3, 0.4) is 0 Å². The Hall–Kier alpha value is -1.07. The smallest absolute Gasteiger partial charge is 0.270 e. The van der Waals surface area contributed by atoms with Crippen LogP contribution < -0.4 is 10.6 Å². The lowest BCUT2D eigenvalue weighted by Crippen LogP contribution is -2.45. The van der Waals surface area contributed by atoms with Crippen LogP contribution in [0.25, 0.3) is 10.9 Å². The molecule has 2 N–H and O–H groups in total. The number of pyridine rings is 1. The molecule has 0 bridgehead atoms. The minimum Gasteiger partial charge on any atom is -0.347 e. The molecule has 22 heavy (non-hydrogen) atoms. The third-order valence-electron chi connectivity index (χ3n) is 3.52. The van der Waals surface area contributed by atoms with Gasteiger partial charge in [-0.25, -0.2) is 4.98 Å². The SMILES string of the molecule is Cl.Cl.O=C(NC1CCCNC1)c1ccc2ccc(Cl)cc2n1. The van der Waals surface area contributed by atoms with Gasteiger partial charge in [-0.2, -0.15) is 0 Å². The largest absolute Gasteiger partial charge is 0.347 e. The lowest BCUT2D eigenvalue weighted by Gasteiger charge is -2.23. The highest BCUT2D eigenvalue weighted by atomic mass is 35.5. The molecule has 1 aliphatic rings. The Bertz CT molecular complexity index is 645. The lowest BCUT2D eigenvalue weighted by atomic mass is 10.1. The molecule has 3 rings (SSSR count). The third-order valence-corrected chi connectivity index (χ3v) is 3.75. The second-order valence-electron chi connectivity index (χ2n) is 5.05. The van der Waals surface area contributed by atoms with Crippen LogP contribution in [-0.2, 0) is 0 Å². The van der Waals surface area contributed by atoms with Crippen molar-refractivity contribution < 1.29 is 4.79 Å². The quantitative estimate of drug-likeness (QED) is 0.862. The van der Waals surface area contributed by atoms with Gasteiger partial charge in [-0.05, 0) is 37.6 Å². The highest BCUT2D eigenvalue weighted by Crippen LogP contribution is 2.18. The predicted octanol–water partition coefficient (Wildman–Crippen LogP) is 3.21. The first kappa shape index (κ1) is 19.0. The van der Waals surface area contributed by atoms with Gasteiger partial charge in [0.15, 0.2) is 0 Å². The standard InChI is InChI=1S/C15H16ClN3O.2ClH/c16-11-5-3-10-4-6-13(19-14(10)8-11)15(20)18-12-2-1-7-17-9-12;;/h3-6,8,12,17H,1-2,7,9H2,(H,18,20);2*1H. The minimum absolute atomic E-state index is 0. The zero-order valence-corrected chi connectivity index (χ0v) is 14.2. The van der Waals surface area contributed by atoms with Gasteiger partial charge in [0.05, 0.1) is 5.52 Å². The van der Waals surface area contributed by atoms with Gasteiger partial charge in [0.2, 0.25) is 0 Å². The summed E-state index contributed by atoms with van der Waals surface area (Å²) in [5.41, 5.74) is 1.18. The van der Waals surface area contributed by atoms with E-state index in [2.05, 4.69) is 15.6 Å². The molecule has 1 atom stereocenters. The molecule has 1 aromatic heterocycles. The average Bonchev–Trinajstić information content (AvgIpc) is 2.47. The molecule has 2 aromatic rings. The minimum atomic E-state index is -0.124. The number of piperidine rings is 1. The van der Waals surface area contributed by atoms with Crippen molar-refractivity contribution in [2.24, 2.45) is 0 Å². The summed E-state index contributed by atoms with van der Waals surface area (Å²) in [5, 5.41) is 7.89. The van der Waals surface area contributed by atoms with Gasteiger partial charge >= 0.3 is 0 Å². The van der Waals surface area contributed by atoms with E-state index >= 15 is 0 Å². The van der Waals surface area contributed by atoms with E-state index in [-0.39, 0.29) is 36.8 Å². The maximum absolute atomic E-state index is 12.2. The number of rotatable bonds is 2. The van der Waals surface area contributed by atoms with E-state index in [1.165, 1.54) is 0 Å². The Balaban J connectivity index is 0.00000121. The van der Waals surface area contributed by atoms with Gasteiger partial charge in [0, 0.05) is 23.0 Å². The number of benzene rings is 1. The van der Waals surface area contributed by atoms with Crippen LogP contribution in [0, 0.1) is 0 Å². The van der Waals surface area contributed by atoms with E-state index in [0.29, 0.717) is 10.7 Å². The van der Waals surface area contributed by atoms with E-state index in [1.807, 2.05) is 18.2 Å². The highest BCUT2D eigenvalue weighted by Gasteiger charge is 2.17. The molecule has 1 amide bonds. The Labute approximate surface area is 146 Å². The van der Waals surface area contributed by atoms with Gasteiger partial charge in [0.25, 0.3) is 5.91 Å². The Kier molecular flexibility index (Phi) is 7.36. The molecule has 0 saturated carbocycles. The maximum atomic E-state index is 12.2. The molecule has 0 spiro atoms. The number of carbonyl (C=O) groups is 1. The summed E-state index contributed by atoms with van der Waals surface area (Å²) in [5.74, 6) is -0.124. The van der Waals surface area contributed by atoms with Crippen LogP contribution in [-0.4, -0.2) is 30.0 Å². The number of halogens is 3. The van der Waals surface area contributed by atoms with E-state index in [9.17, 15) is 4.79 Å². The summed E-state index contributed by atoms with van der Waals surface area (Å²) in [6, 6.07) is 9.33. The van der Waals surface area contributed by atoms with Gasteiger partial charge in [-0.1, -0.05) is 23.7 Å². The van der Waals surface area contributed by atoms with Crippen LogP contribution in [0.15, 0.2) is 30.3 Å². The van der Waals surface area contributed by atoms with Crippen LogP contribution in [0.5, 0.6) is 0 Å². The summed E-state index contributed by atoms with van der Waals surface area (Å²) < 4.78 is 0. The van der Waals surface area contributed by atoms with Crippen molar-refractivity contribution in [3.8, 4) is 0 Å². The Morgan fingerprint density at radius 3 is 2.77 bits per heavy atom. The number of amides is 1. The predicted molar refractivity (Wildman–Crippen MR) is 94.6 cm³/mol. The van der Waals surface area contributed by atoms with Crippen molar-refractivity contribution in [2.75, 3.05) is 13.1 Å². The summed E-state index contributed by atoms with van der Waals surface area (Å²) in [7, 11) is 0. The summed E-state index contributed by atoms with van der Waals surface area (Å²) in [6.07, 6.45) is 2.10. The first-order valence-electron chi connectivity index (χ1n) is 6.80. The van der Waals surface area contributed by atoms with Gasteiger partial charge < -0.3 is 10.6 Å². The van der Waals surface area contributed by atoms with Gasteiger partial charge in [0.1, 0.15) is 5.69 Å². The van der Waals surface area contributed by atoms with Crippen LogP contribution >= 0.6 is 36.4 Å². The molecule has 1 aliphatic heterocycles. The second-order valence-corrected chi connectivity index (χ2v) is 5.49. The van der Waals surface area contributed by atoms with Crippen molar-refractivity contribution in [2.45, 2.75) is 18.9 Å². The number of nitrogens with zero attached hydrogens (tertiary/aromatic N) is 1. The van der Waals surface area contributed by atoms with Crippen molar-refractivity contribution in [3.63, 3.8) is 0 Å². The molecule has 2 heterocycles.